The van der Waals surface area contributed by atoms with E-state index >= 15 is 0 Å². The molecule has 6 aliphatic heterocycles. The van der Waals surface area contributed by atoms with Crippen molar-refractivity contribution < 1.29 is 13.2 Å². The van der Waals surface area contributed by atoms with E-state index in [1.807, 2.05) is 68.6 Å². The molecule has 312 valence electrons. The molecule has 6 aromatic heterocycles. The number of pyridine rings is 3. The predicted molar refractivity (Wildman–Crippen MR) is 239 cm³/mol. The van der Waals surface area contributed by atoms with Crippen LogP contribution in [0, 0.1) is 38.6 Å². The highest BCUT2D eigenvalue weighted by atomic mass is 32.1. The van der Waals surface area contributed by atoms with Gasteiger partial charge in [-0.05, 0) is 160 Å². The molecule has 12 rings (SSSR count). The van der Waals surface area contributed by atoms with Gasteiger partial charge in [0.05, 0.1) is 0 Å². The molecule has 60 heavy (non-hydrogen) atoms. The van der Waals surface area contributed by atoms with Gasteiger partial charge >= 0.3 is 0 Å². The summed E-state index contributed by atoms with van der Waals surface area (Å²) in [6.45, 7) is 6.13. The van der Waals surface area contributed by atoms with Gasteiger partial charge in [0.2, 0.25) is 17.8 Å². The maximum absolute atomic E-state index is 14.0. The molecule has 12 heterocycles. The van der Waals surface area contributed by atoms with Crippen molar-refractivity contribution in [3.8, 4) is 32.0 Å². The molecule has 9 unspecified atom stereocenters. The van der Waals surface area contributed by atoms with Crippen molar-refractivity contribution in [1.29, 1.82) is 0 Å². The van der Waals surface area contributed by atoms with Crippen molar-refractivity contribution >= 4 is 34.0 Å². The van der Waals surface area contributed by atoms with Gasteiger partial charge in [0, 0.05) is 109 Å². The molecule has 6 bridgehead atoms. The van der Waals surface area contributed by atoms with Crippen LogP contribution in [0.5, 0.6) is 0 Å². The molecular formula is C48H51F3N6S3. The SMILES string of the molecule is Cc1cc(-c2cc(C3CC4CCC3N4)cnc2F)cs1.Cc1ccc(-c2cc(C3CC4CCC3N4)cnc2F)s1.Cc1csc(-c2cc(C3CC4CCC3N4)cnc2F)c1. The van der Waals surface area contributed by atoms with Crippen LogP contribution in [0.3, 0.4) is 0 Å². The third-order valence-corrected chi connectivity index (χ3v) is 16.8. The van der Waals surface area contributed by atoms with Gasteiger partial charge < -0.3 is 16.0 Å². The van der Waals surface area contributed by atoms with E-state index in [9.17, 15) is 13.2 Å². The number of hydrogen-bond acceptors (Lipinski definition) is 9. The highest BCUT2D eigenvalue weighted by molar-refractivity contribution is 7.15. The second-order valence-corrected chi connectivity index (χ2v) is 21.1. The number of fused-ring (bicyclic) bond motifs is 6. The largest absolute Gasteiger partial charge is 0.311 e. The van der Waals surface area contributed by atoms with Gasteiger partial charge in [-0.3, -0.25) is 0 Å². The van der Waals surface area contributed by atoms with Crippen LogP contribution in [0.1, 0.15) is 108 Å². The lowest BCUT2D eigenvalue weighted by atomic mass is 9.84. The van der Waals surface area contributed by atoms with Gasteiger partial charge in [-0.25, -0.2) is 15.0 Å². The van der Waals surface area contributed by atoms with Gasteiger partial charge in [0.25, 0.3) is 0 Å². The molecule has 6 fully saturated rings. The van der Waals surface area contributed by atoms with E-state index in [1.54, 1.807) is 52.6 Å². The third kappa shape index (κ3) is 8.16. The standard InChI is InChI=1S/3C16H17FN2S/c1-9-2-5-15(20-9)13-6-10(8-18-16(13)17)12-7-11-3-4-14(12)19-11;1-9-4-11(8-20-9)14-5-10(7-18-16(14)17)13-6-12-2-3-15(13)19-12;1-9-4-15(20-8-9)13-5-10(7-18-16(13)17)12-6-11-2-3-14(12)19-11/h2,5-6,8,11-12,14,19H,3-4,7H2,1H3;4-5,7-8,12-13,15,19H,2-3,6H2,1H3;4-5,7-8,11-12,14,19H,2-3,6H2,1H3. The Labute approximate surface area is 362 Å². The minimum absolute atomic E-state index is 0.355. The van der Waals surface area contributed by atoms with Crippen LogP contribution in [-0.4, -0.2) is 51.2 Å². The molecule has 6 aliphatic rings. The van der Waals surface area contributed by atoms with Gasteiger partial charge in [0.1, 0.15) is 0 Å². The Morgan fingerprint density at radius 1 is 0.517 bits per heavy atom. The summed E-state index contributed by atoms with van der Waals surface area (Å²) >= 11 is 4.87. The molecule has 3 N–H and O–H groups in total. The average Bonchev–Trinajstić information content (AvgIpc) is 4.11. The first kappa shape index (κ1) is 40.3. The summed E-state index contributed by atoms with van der Waals surface area (Å²) in [6, 6.07) is 17.8. The number of aryl methyl sites for hydroxylation is 3. The first-order valence-corrected chi connectivity index (χ1v) is 24.1. The molecule has 0 aromatic carbocycles. The Kier molecular flexibility index (Phi) is 11.3. The first-order valence-electron chi connectivity index (χ1n) is 21.5. The molecule has 9 atom stereocenters. The van der Waals surface area contributed by atoms with E-state index in [0.717, 1.165) is 15.3 Å². The van der Waals surface area contributed by atoms with E-state index < -0.39 is 0 Å². The Morgan fingerprint density at radius 2 is 1.00 bits per heavy atom. The van der Waals surface area contributed by atoms with Crippen LogP contribution in [0.15, 0.2) is 71.8 Å². The Bertz CT molecular complexity index is 2230. The number of nitrogens with one attached hydrogen (secondary N) is 3. The number of hydrogen-bond donors (Lipinski definition) is 3. The van der Waals surface area contributed by atoms with Crippen molar-refractivity contribution in [3.05, 3.63) is 122 Å². The molecule has 0 radical (unpaired) electrons. The van der Waals surface area contributed by atoms with Crippen molar-refractivity contribution in [1.82, 2.24) is 30.9 Å². The second kappa shape index (κ2) is 16.8. The lowest BCUT2D eigenvalue weighted by Crippen LogP contribution is -2.21. The molecule has 0 spiro atoms. The van der Waals surface area contributed by atoms with Crippen molar-refractivity contribution in [2.24, 2.45) is 0 Å². The molecule has 6 aromatic rings. The van der Waals surface area contributed by atoms with Crippen LogP contribution in [-0.2, 0) is 0 Å². The lowest BCUT2D eigenvalue weighted by molar-refractivity contribution is 0.502. The van der Waals surface area contributed by atoms with Crippen molar-refractivity contribution in [2.45, 2.75) is 133 Å². The average molecular weight is 865 g/mol. The number of nitrogens with zero attached hydrogens (tertiary/aromatic N) is 3. The molecular weight excluding hydrogens is 814 g/mol. The predicted octanol–water partition coefficient (Wildman–Crippen LogP) is 11.6. The summed E-state index contributed by atoms with van der Waals surface area (Å²) in [5.41, 5.74) is 7.65. The highest BCUT2D eigenvalue weighted by Gasteiger charge is 2.42. The first-order chi connectivity index (χ1) is 29.1. The molecule has 6 saturated heterocycles. The minimum atomic E-state index is -0.359. The monoisotopic (exact) mass is 864 g/mol. The normalized spacial score (nSPS) is 28.2. The van der Waals surface area contributed by atoms with Crippen LogP contribution < -0.4 is 16.0 Å². The zero-order valence-electron chi connectivity index (χ0n) is 34.2. The van der Waals surface area contributed by atoms with Gasteiger partial charge in [-0.2, -0.15) is 13.2 Å². The zero-order chi connectivity index (χ0) is 41.1. The fraction of sp³-hybridized carbons (Fsp3) is 0.438. The van der Waals surface area contributed by atoms with E-state index in [4.69, 9.17) is 0 Å². The topological polar surface area (TPSA) is 74.8 Å². The van der Waals surface area contributed by atoms with Gasteiger partial charge in [0.15, 0.2) is 0 Å². The van der Waals surface area contributed by atoms with E-state index in [-0.39, 0.29) is 17.8 Å². The Morgan fingerprint density at radius 3 is 1.38 bits per heavy atom. The number of thiophene rings is 3. The summed E-state index contributed by atoms with van der Waals surface area (Å²) in [7, 11) is 0. The molecule has 0 saturated carbocycles. The maximum Gasteiger partial charge on any atom is 0.221 e. The smallest absolute Gasteiger partial charge is 0.221 e. The summed E-state index contributed by atoms with van der Waals surface area (Å²) in [4.78, 5) is 16.4. The van der Waals surface area contributed by atoms with E-state index in [1.165, 1.54) is 89.8 Å². The maximum atomic E-state index is 14.0. The lowest BCUT2D eigenvalue weighted by Gasteiger charge is -2.20. The molecule has 6 nitrogen and oxygen atoms in total. The zero-order valence-corrected chi connectivity index (χ0v) is 36.6. The molecule has 0 aliphatic carbocycles. The Balaban J connectivity index is 0.000000108. The number of rotatable bonds is 6. The van der Waals surface area contributed by atoms with Gasteiger partial charge in [-0.15, -0.1) is 34.0 Å². The fourth-order valence-electron chi connectivity index (χ4n) is 10.9. The summed E-state index contributed by atoms with van der Waals surface area (Å²) in [6.07, 6.45) is 16.2. The number of halogens is 3. The van der Waals surface area contributed by atoms with Gasteiger partial charge in [-0.1, -0.05) is 0 Å². The minimum Gasteiger partial charge on any atom is -0.311 e. The third-order valence-electron chi connectivity index (χ3n) is 13.8. The molecule has 0 amide bonds. The highest BCUT2D eigenvalue weighted by Crippen LogP contribution is 2.44. The summed E-state index contributed by atoms with van der Waals surface area (Å²) < 4.78 is 42.1. The second-order valence-electron chi connectivity index (χ2n) is 17.8. The van der Waals surface area contributed by atoms with E-state index in [2.05, 4.69) is 36.3 Å². The Hall–Kier alpha value is -3.78. The molecule has 12 heteroatoms. The van der Waals surface area contributed by atoms with Crippen LogP contribution in [0.2, 0.25) is 0 Å². The summed E-state index contributed by atoms with van der Waals surface area (Å²) in [5.74, 6) is 0.435. The number of aromatic nitrogens is 3. The van der Waals surface area contributed by atoms with Crippen LogP contribution >= 0.6 is 34.0 Å². The van der Waals surface area contributed by atoms with E-state index in [0.29, 0.717) is 70.7 Å². The quantitative estimate of drug-likeness (QED) is 0.145. The van der Waals surface area contributed by atoms with Crippen LogP contribution in [0.4, 0.5) is 13.2 Å². The fourth-order valence-corrected chi connectivity index (χ4v) is 13.3. The van der Waals surface area contributed by atoms with Crippen molar-refractivity contribution in [3.63, 3.8) is 0 Å². The summed E-state index contributed by atoms with van der Waals surface area (Å²) in [5, 5.41) is 15.0. The van der Waals surface area contributed by atoms with Crippen LogP contribution in [0.25, 0.3) is 32.0 Å². The van der Waals surface area contributed by atoms with Crippen molar-refractivity contribution in [2.75, 3.05) is 0 Å².